The number of amides is 1. The molecule has 0 aliphatic heterocycles. The Bertz CT molecular complexity index is 1130. The maximum atomic E-state index is 12.3. The van der Waals surface area contributed by atoms with Gasteiger partial charge in [0.25, 0.3) is 5.91 Å². The van der Waals surface area contributed by atoms with E-state index in [0.29, 0.717) is 36.9 Å². The van der Waals surface area contributed by atoms with Crippen LogP contribution in [0, 0.1) is 0 Å². The molecule has 0 aliphatic carbocycles. The van der Waals surface area contributed by atoms with E-state index < -0.39 is 0 Å². The van der Waals surface area contributed by atoms with Gasteiger partial charge >= 0.3 is 0 Å². The Hall–Kier alpha value is -4.33. The van der Waals surface area contributed by atoms with Gasteiger partial charge in [0.05, 0.1) is 6.54 Å². The number of benzene rings is 3. The number of aromatic nitrogens is 3. The molecule has 4 aromatic rings. The summed E-state index contributed by atoms with van der Waals surface area (Å²) in [7, 11) is 0. The molecular weight excluding hydrogens is 420 g/mol. The van der Waals surface area contributed by atoms with Crippen LogP contribution in [0.2, 0.25) is 0 Å². The molecule has 0 saturated heterocycles. The van der Waals surface area contributed by atoms with Crippen LogP contribution in [-0.2, 0) is 17.9 Å². The molecule has 1 heterocycles. The van der Waals surface area contributed by atoms with Gasteiger partial charge in [0.15, 0.2) is 6.61 Å². The van der Waals surface area contributed by atoms with Crippen molar-refractivity contribution < 1.29 is 19.0 Å². The van der Waals surface area contributed by atoms with Crippen molar-refractivity contribution in [2.45, 2.75) is 13.2 Å². The van der Waals surface area contributed by atoms with Crippen molar-refractivity contribution in [2.75, 3.05) is 18.5 Å². The lowest BCUT2D eigenvalue weighted by Crippen LogP contribution is -2.20. The first-order valence-corrected chi connectivity index (χ1v) is 10.5. The molecule has 1 amide bonds. The van der Waals surface area contributed by atoms with Gasteiger partial charge in [0.2, 0.25) is 0 Å². The molecule has 0 fully saturated rings. The van der Waals surface area contributed by atoms with Crippen LogP contribution in [0.1, 0.15) is 5.56 Å². The van der Waals surface area contributed by atoms with Crippen molar-refractivity contribution in [2.24, 2.45) is 0 Å². The molecule has 0 radical (unpaired) electrons. The fourth-order valence-corrected chi connectivity index (χ4v) is 2.99. The molecule has 0 aliphatic rings. The smallest absolute Gasteiger partial charge is 0.262 e. The van der Waals surface area contributed by atoms with Gasteiger partial charge in [-0.15, -0.1) is 0 Å². The summed E-state index contributed by atoms with van der Waals surface area (Å²) in [5.74, 6) is 1.71. The Labute approximate surface area is 191 Å². The van der Waals surface area contributed by atoms with E-state index in [1.807, 2.05) is 54.6 Å². The van der Waals surface area contributed by atoms with Gasteiger partial charge in [0, 0.05) is 11.8 Å². The highest BCUT2D eigenvalue weighted by molar-refractivity contribution is 5.92. The van der Waals surface area contributed by atoms with Crippen molar-refractivity contribution >= 4 is 11.6 Å². The Morgan fingerprint density at radius 1 is 0.848 bits per heavy atom. The summed E-state index contributed by atoms with van der Waals surface area (Å²) in [5, 5.41) is 6.83. The first kappa shape index (κ1) is 21.9. The highest BCUT2D eigenvalue weighted by Gasteiger charge is 2.06. The summed E-state index contributed by atoms with van der Waals surface area (Å²) in [6.45, 7) is 1.41. The van der Waals surface area contributed by atoms with Gasteiger partial charge < -0.3 is 19.5 Å². The summed E-state index contributed by atoms with van der Waals surface area (Å²) in [6, 6.07) is 24.3. The predicted molar refractivity (Wildman–Crippen MR) is 123 cm³/mol. The van der Waals surface area contributed by atoms with E-state index >= 15 is 0 Å². The van der Waals surface area contributed by atoms with Crippen molar-refractivity contribution in [1.29, 1.82) is 0 Å². The van der Waals surface area contributed by atoms with Crippen LogP contribution in [0.4, 0.5) is 5.69 Å². The van der Waals surface area contributed by atoms with Gasteiger partial charge in [-0.1, -0.05) is 36.4 Å². The molecule has 0 spiro atoms. The number of nitrogens with one attached hydrogen (secondary N) is 1. The number of hydrogen-bond donors (Lipinski definition) is 1. The van der Waals surface area contributed by atoms with Crippen LogP contribution < -0.4 is 19.5 Å². The van der Waals surface area contributed by atoms with Crippen molar-refractivity contribution in [3.8, 4) is 17.2 Å². The number of rotatable bonds is 11. The summed E-state index contributed by atoms with van der Waals surface area (Å²) >= 11 is 0. The minimum atomic E-state index is -0.265. The van der Waals surface area contributed by atoms with Gasteiger partial charge in [-0.05, 0) is 42.0 Å². The lowest BCUT2D eigenvalue weighted by atomic mass is 10.2. The normalized spacial score (nSPS) is 10.4. The zero-order chi connectivity index (χ0) is 22.7. The second-order valence-corrected chi connectivity index (χ2v) is 7.12. The quantitative estimate of drug-likeness (QED) is 0.377. The van der Waals surface area contributed by atoms with E-state index in [2.05, 4.69) is 15.4 Å². The van der Waals surface area contributed by atoms with E-state index in [1.54, 1.807) is 35.3 Å². The van der Waals surface area contributed by atoms with Gasteiger partial charge in [-0.3, -0.25) is 4.79 Å². The largest absolute Gasteiger partial charge is 0.492 e. The summed E-state index contributed by atoms with van der Waals surface area (Å²) < 4.78 is 18.7. The average molecular weight is 444 g/mol. The van der Waals surface area contributed by atoms with Crippen LogP contribution in [0.25, 0.3) is 0 Å². The molecule has 0 atom stereocenters. The number of carbonyl (C=O) groups excluding carboxylic acids is 1. The molecule has 0 unspecified atom stereocenters. The fourth-order valence-electron chi connectivity index (χ4n) is 2.99. The highest BCUT2D eigenvalue weighted by Crippen LogP contribution is 2.20. The maximum absolute atomic E-state index is 12.3. The molecule has 1 N–H and O–H groups in total. The van der Waals surface area contributed by atoms with Gasteiger partial charge in [-0.25, -0.2) is 9.67 Å². The zero-order valence-electron chi connectivity index (χ0n) is 18.0. The third kappa shape index (κ3) is 7.10. The number of nitrogens with zero attached hydrogens (tertiary/aromatic N) is 3. The molecule has 0 bridgehead atoms. The van der Waals surface area contributed by atoms with Crippen molar-refractivity contribution in [1.82, 2.24) is 14.8 Å². The minimum absolute atomic E-state index is 0.110. The first-order valence-electron chi connectivity index (χ1n) is 10.5. The van der Waals surface area contributed by atoms with Crippen LogP contribution in [-0.4, -0.2) is 33.9 Å². The van der Waals surface area contributed by atoms with Crippen LogP contribution in [0.15, 0.2) is 91.5 Å². The molecule has 33 heavy (non-hydrogen) atoms. The van der Waals surface area contributed by atoms with Gasteiger partial charge in [-0.2, -0.15) is 5.10 Å². The Morgan fingerprint density at radius 2 is 1.64 bits per heavy atom. The SMILES string of the molecule is O=C(COc1ccc(OCc2ccccc2)cc1)Nc1cccc(OCCn2cncn2)c1. The van der Waals surface area contributed by atoms with Crippen molar-refractivity contribution in [3.63, 3.8) is 0 Å². The summed E-state index contributed by atoms with van der Waals surface area (Å²) in [6.07, 6.45) is 3.11. The van der Waals surface area contributed by atoms with Crippen LogP contribution in [0.5, 0.6) is 17.2 Å². The minimum Gasteiger partial charge on any atom is -0.492 e. The van der Waals surface area contributed by atoms with Crippen LogP contribution in [0.3, 0.4) is 0 Å². The molecule has 0 saturated carbocycles. The third-order valence-electron chi connectivity index (χ3n) is 4.62. The molecule has 8 heteroatoms. The molecule has 8 nitrogen and oxygen atoms in total. The Balaban J connectivity index is 1.19. The van der Waals surface area contributed by atoms with Gasteiger partial charge in [0.1, 0.15) is 43.1 Å². The Kier molecular flexibility index (Phi) is 7.52. The molecule has 1 aromatic heterocycles. The summed E-state index contributed by atoms with van der Waals surface area (Å²) in [5.41, 5.74) is 1.73. The highest BCUT2D eigenvalue weighted by atomic mass is 16.5. The fraction of sp³-hybridized carbons (Fsp3) is 0.160. The summed E-state index contributed by atoms with van der Waals surface area (Å²) in [4.78, 5) is 16.2. The topological polar surface area (TPSA) is 87.5 Å². The monoisotopic (exact) mass is 444 g/mol. The van der Waals surface area contributed by atoms with Crippen LogP contribution >= 0.6 is 0 Å². The molecule has 4 rings (SSSR count). The molecule has 3 aromatic carbocycles. The lowest BCUT2D eigenvalue weighted by Gasteiger charge is -2.11. The van der Waals surface area contributed by atoms with E-state index in [1.165, 1.54) is 6.33 Å². The zero-order valence-corrected chi connectivity index (χ0v) is 18.0. The van der Waals surface area contributed by atoms with Crippen molar-refractivity contribution in [3.05, 3.63) is 97.1 Å². The molecule has 168 valence electrons. The Morgan fingerprint density at radius 3 is 2.39 bits per heavy atom. The van der Waals surface area contributed by atoms with E-state index in [9.17, 15) is 4.79 Å². The van der Waals surface area contributed by atoms with E-state index in [-0.39, 0.29) is 12.5 Å². The average Bonchev–Trinajstić information content (AvgIpc) is 3.37. The number of anilines is 1. The lowest BCUT2D eigenvalue weighted by molar-refractivity contribution is -0.118. The number of hydrogen-bond acceptors (Lipinski definition) is 6. The van der Waals surface area contributed by atoms with E-state index in [0.717, 1.165) is 11.3 Å². The second kappa shape index (κ2) is 11.3. The number of ether oxygens (including phenoxy) is 3. The number of carbonyl (C=O) groups is 1. The second-order valence-electron chi connectivity index (χ2n) is 7.12. The van der Waals surface area contributed by atoms with E-state index in [4.69, 9.17) is 14.2 Å². The standard InChI is InChI=1S/C25H24N4O4/c30-25(28-21-7-4-8-24(15-21)31-14-13-29-19-26-18-27-29)17-33-23-11-9-22(10-12-23)32-16-20-5-2-1-3-6-20/h1-12,15,18-19H,13-14,16-17H2,(H,28,30). The third-order valence-corrected chi connectivity index (χ3v) is 4.62. The molecular formula is C25H24N4O4. The maximum Gasteiger partial charge on any atom is 0.262 e. The predicted octanol–water partition coefficient (Wildman–Crippen LogP) is 3.95. The first-order chi connectivity index (χ1) is 16.2.